The highest BCUT2D eigenvalue weighted by molar-refractivity contribution is 5.85. The lowest BCUT2D eigenvalue weighted by Gasteiger charge is -2.32. The summed E-state index contributed by atoms with van der Waals surface area (Å²) in [5, 5.41) is 3.16. The number of nitrogens with zero attached hydrogens (tertiary/aromatic N) is 1. The summed E-state index contributed by atoms with van der Waals surface area (Å²) in [6.45, 7) is 11.2. The molecule has 0 saturated carbocycles. The van der Waals surface area contributed by atoms with Crippen molar-refractivity contribution in [3.8, 4) is 0 Å². The van der Waals surface area contributed by atoms with E-state index in [1.807, 2.05) is 20.9 Å². The Kier molecular flexibility index (Phi) is 3.79. The van der Waals surface area contributed by atoms with E-state index in [-0.39, 0.29) is 11.4 Å². The highest BCUT2D eigenvalue weighted by Crippen LogP contribution is 2.28. The predicted octanol–water partition coefficient (Wildman–Crippen LogP) is 1.63. The average molecular weight is 184 g/mol. The third-order valence-corrected chi connectivity index (χ3v) is 2.28. The van der Waals surface area contributed by atoms with Gasteiger partial charge in [0.15, 0.2) is 0 Å². The van der Waals surface area contributed by atoms with Crippen LogP contribution in [0.1, 0.15) is 34.1 Å². The first-order chi connectivity index (χ1) is 5.75. The van der Waals surface area contributed by atoms with Gasteiger partial charge in [-0.1, -0.05) is 13.8 Å². The Morgan fingerprint density at radius 1 is 1.38 bits per heavy atom. The minimum atomic E-state index is -0.436. The summed E-state index contributed by atoms with van der Waals surface area (Å²) >= 11 is 0. The lowest BCUT2D eigenvalue weighted by atomic mass is 9.79. The van der Waals surface area contributed by atoms with E-state index in [2.05, 4.69) is 30.9 Å². The van der Waals surface area contributed by atoms with Crippen LogP contribution >= 0.6 is 0 Å². The molecule has 0 aliphatic carbocycles. The molecule has 1 amide bonds. The van der Waals surface area contributed by atoms with Crippen molar-refractivity contribution in [1.82, 2.24) is 5.32 Å². The Bertz CT molecular complexity index is 207. The number of carbonyl (C=O) groups is 1. The molecule has 0 aliphatic heterocycles. The van der Waals surface area contributed by atoms with E-state index >= 15 is 0 Å². The number of hydrogen-bond acceptors (Lipinski definition) is 2. The fourth-order valence-corrected chi connectivity index (χ4v) is 1.48. The molecule has 0 rings (SSSR count). The average Bonchev–Trinajstić information content (AvgIpc) is 2.01. The minimum absolute atomic E-state index is 0.0517. The molecule has 0 saturated heterocycles. The number of hydrogen-bond donors (Lipinski definition) is 1. The van der Waals surface area contributed by atoms with E-state index in [1.165, 1.54) is 0 Å². The summed E-state index contributed by atoms with van der Waals surface area (Å²) < 4.78 is 0. The Morgan fingerprint density at radius 3 is 2.15 bits per heavy atom. The van der Waals surface area contributed by atoms with Crippen LogP contribution in [0.2, 0.25) is 0 Å². The number of amides is 1. The van der Waals surface area contributed by atoms with Gasteiger partial charge in [-0.05, 0) is 34.0 Å². The monoisotopic (exact) mass is 184 g/mol. The summed E-state index contributed by atoms with van der Waals surface area (Å²) in [6, 6.07) is 0. The van der Waals surface area contributed by atoms with Crippen LogP contribution in [0.15, 0.2) is 4.99 Å². The lowest BCUT2D eigenvalue weighted by Crippen LogP contribution is -2.42. The zero-order chi connectivity index (χ0) is 10.7. The van der Waals surface area contributed by atoms with Gasteiger partial charge in [-0.25, -0.2) is 4.99 Å². The summed E-state index contributed by atoms with van der Waals surface area (Å²) in [4.78, 5) is 14.8. The van der Waals surface area contributed by atoms with Gasteiger partial charge in [0.1, 0.15) is 0 Å². The Balaban J connectivity index is 4.50. The predicted molar refractivity (Wildman–Crippen MR) is 56.1 cm³/mol. The zero-order valence-electron chi connectivity index (χ0n) is 9.27. The number of nitrogens with one attached hydrogen (secondary N) is 1. The maximum atomic E-state index is 11.4. The summed E-state index contributed by atoms with van der Waals surface area (Å²) in [5.74, 6) is -0.143. The molecule has 76 valence electrons. The van der Waals surface area contributed by atoms with E-state index < -0.39 is 5.41 Å². The number of carbonyl (C=O) groups excluding carboxylic acids is 1. The van der Waals surface area contributed by atoms with E-state index in [1.54, 1.807) is 0 Å². The standard InChI is InChI=1S/C10H20N2O/c1-9(2,8(13)11-5)7-10(3,4)12-6/h12H,5,7H2,1-4,6H3. The molecule has 3 nitrogen and oxygen atoms in total. The van der Waals surface area contributed by atoms with Gasteiger partial charge >= 0.3 is 0 Å². The molecule has 0 radical (unpaired) electrons. The van der Waals surface area contributed by atoms with Gasteiger partial charge < -0.3 is 5.32 Å². The van der Waals surface area contributed by atoms with Crippen LogP contribution in [0, 0.1) is 5.41 Å². The molecule has 0 aliphatic rings. The lowest BCUT2D eigenvalue weighted by molar-refractivity contribution is -0.126. The maximum absolute atomic E-state index is 11.4. The van der Waals surface area contributed by atoms with Crippen molar-refractivity contribution in [1.29, 1.82) is 0 Å². The van der Waals surface area contributed by atoms with Gasteiger partial charge in [0.05, 0.1) is 0 Å². The van der Waals surface area contributed by atoms with Crippen molar-refractivity contribution >= 4 is 12.6 Å². The van der Waals surface area contributed by atoms with Crippen molar-refractivity contribution in [2.75, 3.05) is 7.05 Å². The van der Waals surface area contributed by atoms with Gasteiger partial charge in [-0.15, -0.1) is 0 Å². The molecule has 0 aromatic heterocycles. The third-order valence-electron chi connectivity index (χ3n) is 2.28. The molecule has 0 unspecified atom stereocenters. The number of rotatable bonds is 4. The molecule has 13 heavy (non-hydrogen) atoms. The molecule has 0 aromatic rings. The second kappa shape index (κ2) is 4.01. The Labute approximate surface area is 80.6 Å². The molecule has 0 heterocycles. The zero-order valence-corrected chi connectivity index (χ0v) is 9.27. The topological polar surface area (TPSA) is 41.5 Å². The normalized spacial score (nSPS) is 12.7. The molecular formula is C10H20N2O. The summed E-state index contributed by atoms with van der Waals surface area (Å²) in [7, 11) is 1.89. The van der Waals surface area contributed by atoms with E-state index in [0.29, 0.717) is 0 Å². The Hall–Kier alpha value is -0.700. The first kappa shape index (κ1) is 12.3. The highest BCUT2D eigenvalue weighted by atomic mass is 16.1. The molecule has 0 bridgehead atoms. The largest absolute Gasteiger partial charge is 0.315 e. The fraction of sp³-hybridized carbons (Fsp3) is 0.800. The van der Waals surface area contributed by atoms with Crippen LogP contribution in [-0.2, 0) is 4.79 Å². The minimum Gasteiger partial charge on any atom is -0.315 e. The van der Waals surface area contributed by atoms with Crippen molar-refractivity contribution in [2.45, 2.75) is 39.7 Å². The van der Waals surface area contributed by atoms with Crippen molar-refractivity contribution in [2.24, 2.45) is 10.4 Å². The first-order valence-corrected chi connectivity index (χ1v) is 4.45. The Morgan fingerprint density at radius 2 is 1.85 bits per heavy atom. The van der Waals surface area contributed by atoms with Gasteiger partial charge in [0, 0.05) is 11.0 Å². The van der Waals surface area contributed by atoms with Crippen LogP contribution < -0.4 is 5.32 Å². The van der Waals surface area contributed by atoms with E-state index in [9.17, 15) is 4.79 Å². The smallest absolute Gasteiger partial charge is 0.250 e. The molecular weight excluding hydrogens is 164 g/mol. The van der Waals surface area contributed by atoms with Crippen molar-refractivity contribution in [3.63, 3.8) is 0 Å². The fourth-order valence-electron chi connectivity index (χ4n) is 1.48. The molecule has 0 aromatic carbocycles. The molecule has 3 heteroatoms. The number of aliphatic imine (C=N–C) groups is 1. The van der Waals surface area contributed by atoms with Crippen LogP contribution in [0.5, 0.6) is 0 Å². The summed E-state index contributed by atoms with van der Waals surface area (Å²) in [6.07, 6.45) is 0.744. The molecule has 1 N–H and O–H groups in total. The summed E-state index contributed by atoms with van der Waals surface area (Å²) in [5.41, 5.74) is -0.488. The molecule has 0 fully saturated rings. The van der Waals surface area contributed by atoms with Crippen molar-refractivity contribution in [3.05, 3.63) is 0 Å². The van der Waals surface area contributed by atoms with Crippen LogP contribution in [0.3, 0.4) is 0 Å². The van der Waals surface area contributed by atoms with Crippen LogP contribution in [0.25, 0.3) is 0 Å². The van der Waals surface area contributed by atoms with Gasteiger partial charge in [-0.2, -0.15) is 0 Å². The maximum Gasteiger partial charge on any atom is 0.250 e. The van der Waals surface area contributed by atoms with Gasteiger partial charge in [0.2, 0.25) is 0 Å². The van der Waals surface area contributed by atoms with E-state index in [4.69, 9.17) is 0 Å². The van der Waals surface area contributed by atoms with E-state index in [0.717, 1.165) is 6.42 Å². The first-order valence-electron chi connectivity index (χ1n) is 4.45. The second-order valence-corrected chi connectivity index (χ2v) is 4.66. The third kappa shape index (κ3) is 3.68. The highest BCUT2D eigenvalue weighted by Gasteiger charge is 2.33. The van der Waals surface area contributed by atoms with Crippen molar-refractivity contribution < 1.29 is 4.79 Å². The quantitative estimate of drug-likeness (QED) is 0.675. The molecule has 0 spiro atoms. The molecule has 0 atom stereocenters. The van der Waals surface area contributed by atoms with Gasteiger partial charge in [-0.3, -0.25) is 4.79 Å². The second-order valence-electron chi connectivity index (χ2n) is 4.66. The SMILES string of the molecule is C=NC(=O)C(C)(C)CC(C)(C)NC. The van der Waals surface area contributed by atoms with Crippen LogP contribution in [-0.4, -0.2) is 25.2 Å². The van der Waals surface area contributed by atoms with Gasteiger partial charge in [0.25, 0.3) is 5.91 Å². The van der Waals surface area contributed by atoms with Crippen LogP contribution in [0.4, 0.5) is 0 Å².